The van der Waals surface area contributed by atoms with Crippen molar-refractivity contribution in [3.05, 3.63) is 65.0 Å². The standard InChI is InChI=1S/C21H15F7N2O3S2/c22-14-3-1-11(2-4-14)5-18(31)29-19-30(16-9-35(32,33)10-17(16)34-19)15-7-12(20(23,24)25)6-13(8-15)21(26,27)28/h1-4,6-8,16-17H,5,9-10H2/t16-,17+/m1/s1. The summed E-state index contributed by atoms with van der Waals surface area (Å²) in [4.78, 5) is 17.4. The third-order valence-corrected chi connectivity index (χ3v) is 8.62. The zero-order chi connectivity index (χ0) is 25.8. The number of benzene rings is 2. The number of amides is 1. The minimum Gasteiger partial charge on any atom is -0.316 e. The maximum atomic E-state index is 13.4. The Morgan fingerprint density at radius 3 is 2.09 bits per heavy atom. The van der Waals surface area contributed by atoms with Gasteiger partial charge in [0.05, 0.1) is 35.1 Å². The second-order valence-electron chi connectivity index (χ2n) is 8.03. The summed E-state index contributed by atoms with van der Waals surface area (Å²) in [6.45, 7) is 0. The largest absolute Gasteiger partial charge is 0.416 e. The van der Waals surface area contributed by atoms with E-state index in [9.17, 15) is 43.9 Å². The van der Waals surface area contributed by atoms with E-state index >= 15 is 0 Å². The van der Waals surface area contributed by atoms with Crippen molar-refractivity contribution in [3.63, 3.8) is 0 Å². The SMILES string of the molecule is O=C(Cc1ccc(F)cc1)N=C1S[C@H]2CS(=O)(=O)C[C@H]2N1c1cc(C(F)(F)F)cc(C(F)(F)F)c1. The van der Waals surface area contributed by atoms with Crippen LogP contribution in [0.25, 0.3) is 0 Å². The summed E-state index contributed by atoms with van der Waals surface area (Å²) in [5.74, 6) is -2.21. The van der Waals surface area contributed by atoms with Crippen molar-refractivity contribution in [1.82, 2.24) is 0 Å². The van der Waals surface area contributed by atoms with E-state index in [0.29, 0.717) is 17.7 Å². The summed E-state index contributed by atoms with van der Waals surface area (Å²) in [5.41, 5.74) is -3.34. The molecule has 0 spiro atoms. The number of carbonyl (C=O) groups excluding carboxylic acids is 1. The lowest BCUT2D eigenvalue weighted by atomic mass is 10.1. The van der Waals surface area contributed by atoms with Crippen LogP contribution < -0.4 is 4.90 Å². The molecule has 2 heterocycles. The molecule has 0 aliphatic carbocycles. The minimum atomic E-state index is -5.11. The molecule has 0 bridgehead atoms. The highest BCUT2D eigenvalue weighted by atomic mass is 32.2. The number of amidine groups is 1. The van der Waals surface area contributed by atoms with Crippen molar-refractivity contribution in [3.8, 4) is 0 Å². The first-order valence-corrected chi connectivity index (χ1v) is 12.6. The predicted molar refractivity (Wildman–Crippen MR) is 115 cm³/mol. The highest BCUT2D eigenvalue weighted by Crippen LogP contribution is 2.44. The van der Waals surface area contributed by atoms with Crippen LogP contribution in [0.15, 0.2) is 47.5 Å². The Kier molecular flexibility index (Phi) is 6.41. The molecule has 2 aliphatic rings. The number of hydrogen-bond acceptors (Lipinski definition) is 4. The van der Waals surface area contributed by atoms with E-state index in [0.717, 1.165) is 28.8 Å². The van der Waals surface area contributed by atoms with Crippen molar-refractivity contribution in [2.45, 2.75) is 30.1 Å². The number of anilines is 1. The second kappa shape index (κ2) is 8.80. The highest BCUT2D eigenvalue weighted by molar-refractivity contribution is 8.16. The molecule has 0 N–H and O–H groups in total. The Balaban J connectivity index is 1.77. The van der Waals surface area contributed by atoms with Crippen LogP contribution in [0.2, 0.25) is 0 Å². The molecule has 188 valence electrons. The third kappa shape index (κ3) is 5.63. The van der Waals surface area contributed by atoms with Crippen LogP contribution in [0.3, 0.4) is 0 Å². The summed E-state index contributed by atoms with van der Waals surface area (Å²) >= 11 is 0.808. The Labute approximate surface area is 198 Å². The molecule has 14 heteroatoms. The number of nitrogens with zero attached hydrogens (tertiary/aromatic N) is 2. The van der Waals surface area contributed by atoms with Gasteiger partial charge in [-0.3, -0.25) is 4.79 Å². The molecule has 2 fully saturated rings. The van der Waals surface area contributed by atoms with Gasteiger partial charge in [0, 0.05) is 10.9 Å². The van der Waals surface area contributed by atoms with E-state index < -0.39 is 67.8 Å². The van der Waals surface area contributed by atoms with Crippen molar-refractivity contribution >= 4 is 38.4 Å². The highest BCUT2D eigenvalue weighted by Gasteiger charge is 2.50. The number of aliphatic imine (C=N–C) groups is 1. The number of thioether (sulfide) groups is 1. The summed E-state index contributed by atoms with van der Waals surface area (Å²) in [7, 11) is -3.61. The zero-order valence-corrected chi connectivity index (χ0v) is 19.0. The Hall–Kier alpha value is -2.61. The van der Waals surface area contributed by atoms with Gasteiger partial charge in [0.25, 0.3) is 5.91 Å². The molecule has 2 saturated heterocycles. The van der Waals surface area contributed by atoms with E-state index in [4.69, 9.17) is 0 Å². The van der Waals surface area contributed by atoms with Crippen LogP contribution in [-0.4, -0.2) is 42.3 Å². The first kappa shape index (κ1) is 25.5. The Morgan fingerprint density at radius 2 is 1.54 bits per heavy atom. The lowest BCUT2D eigenvalue weighted by Gasteiger charge is -2.26. The van der Waals surface area contributed by atoms with Gasteiger partial charge < -0.3 is 4.90 Å². The molecule has 4 rings (SSSR count). The average Bonchev–Trinajstić information content (AvgIpc) is 3.18. The second-order valence-corrected chi connectivity index (χ2v) is 11.4. The van der Waals surface area contributed by atoms with E-state index in [1.165, 1.54) is 12.1 Å². The maximum Gasteiger partial charge on any atom is 0.416 e. The number of hydrogen-bond donors (Lipinski definition) is 0. The number of fused-ring (bicyclic) bond motifs is 1. The van der Waals surface area contributed by atoms with E-state index in [1.807, 2.05) is 0 Å². The molecule has 0 saturated carbocycles. The fourth-order valence-electron chi connectivity index (χ4n) is 3.87. The molecule has 5 nitrogen and oxygen atoms in total. The molecule has 2 aliphatic heterocycles. The van der Waals surface area contributed by atoms with Crippen LogP contribution in [0.4, 0.5) is 36.4 Å². The van der Waals surface area contributed by atoms with Gasteiger partial charge >= 0.3 is 12.4 Å². The summed E-state index contributed by atoms with van der Waals surface area (Å²) in [6, 6.07) is 4.80. The number of halogens is 7. The fourth-order valence-corrected chi connectivity index (χ4v) is 7.80. The normalized spacial score (nSPS) is 23.1. The van der Waals surface area contributed by atoms with Crippen LogP contribution in [-0.2, 0) is 33.4 Å². The summed E-state index contributed by atoms with van der Waals surface area (Å²) in [5, 5.41) is -0.935. The average molecular weight is 540 g/mol. The predicted octanol–water partition coefficient (Wildman–Crippen LogP) is 4.71. The van der Waals surface area contributed by atoms with Crippen LogP contribution in [0, 0.1) is 5.82 Å². The summed E-state index contributed by atoms with van der Waals surface area (Å²) < 4.78 is 118. The smallest absolute Gasteiger partial charge is 0.316 e. The molecule has 35 heavy (non-hydrogen) atoms. The number of rotatable bonds is 3. The Morgan fingerprint density at radius 1 is 0.971 bits per heavy atom. The molecular weight excluding hydrogens is 525 g/mol. The Bertz CT molecular complexity index is 1260. The quantitative estimate of drug-likeness (QED) is 0.528. The molecule has 0 unspecified atom stereocenters. The monoisotopic (exact) mass is 540 g/mol. The van der Waals surface area contributed by atoms with Crippen molar-refractivity contribution in [2.24, 2.45) is 4.99 Å². The van der Waals surface area contributed by atoms with E-state index in [-0.39, 0.29) is 23.4 Å². The first-order valence-electron chi connectivity index (χ1n) is 9.94. The van der Waals surface area contributed by atoms with E-state index in [1.54, 1.807) is 0 Å². The molecule has 2 atom stereocenters. The number of sulfone groups is 1. The van der Waals surface area contributed by atoms with Crippen LogP contribution >= 0.6 is 11.8 Å². The molecule has 2 aromatic rings. The molecule has 0 radical (unpaired) electrons. The van der Waals surface area contributed by atoms with Gasteiger partial charge in [-0.25, -0.2) is 12.8 Å². The maximum absolute atomic E-state index is 13.4. The van der Waals surface area contributed by atoms with Crippen LogP contribution in [0.5, 0.6) is 0 Å². The zero-order valence-electron chi connectivity index (χ0n) is 17.4. The lowest BCUT2D eigenvalue weighted by molar-refractivity contribution is -0.143. The molecule has 1 amide bonds. The molecule has 0 aromatic heterocycles. The molecule has 2 aromatic carbocycles. The summed E-state index contributed by atoms with van der Waals surface area (Å²) in [6.07, 6.45) is -10.5. The topological polar surface area (TPSA) is 66.8 Å². The van der Waals surface area contributed by atoms with Crippen molar-refractivity contribution < 1.29 is 43.9 Å². The van der Waals surface area contributed by atoms with Gasteiger partial charge in [0.15, 0.2) is 15.0 Å². The van der Waals surface area contributed by atoms with Crippen LogP contribution in [0.1, 0.15) is 16.7 Å². The first-order chi connectivity index (χ1) is 16.1. The van der Waals surface area contributed by atoms with Gasteiger partial charge in [-0.15, -0.1) is 0 Å². The van der Waals surface area contributed by atoms with Gasteiger partial charge in [-0.05, 0) is 35.9 Å². The fraction of sp³-hybridized carbons (Fsp3) is 0.333. The number of carbonyl (C=O) groups is 1. The van der Waals surface area contributed by atoms with Gasteiger partial charge in [0.1, 0.15) is 5.82 Å². The van der Waals surface area contributed by atoms with Crippen molar-refractivity contribution in [2.75, 3.05) is 16.4 Å². The molecular formula is C21H15F7N2O3S2. The van der Waals surface area contributed by atoms with Gasteiger partial charge in [0.2, 0.25) is 0 Å². The third-order valence-electron chi connectivity index (χ3n) is 5.41. The van der Waals surface area contributed by atoms with Gasteiger partial charge in [-0.1, -0.05) is 23.9 Å². The number of alkyl halides is 6. The van der Waals surface area contributed by atoms with Gasteiger partial charge in [-0.2, -0.15) is 31.3 Å². The lowest BCUT2D eigenvalue weighted by Crippen LogP contribution is -2.38. The van der Waals surface area contributed by atoms with Crippen molar-refractivity contribution in [1.29, 1.82) is 0 Å². The minimum absolute atomic E-state index is 0.0356. The van der Waals surface area contributed by atoms with E-state index in [2.05, 4.69) is 4.99 Å².